The van der Waals surface area contributed by atoms with Gasteiger partial charge in [0.05, 0.1) is 12.1 Å². The van der Waals surface area contributed by atoms with Gasteiger partial charge in [0.1, 0.15) is 11.6 Å². The number of hydrogen-bond donors (Lipinski definition) is 2. The van der Waals surface area contributed by atoms with Crippen molar-refractivity contribution in [3.8, 4) is 5.75 Å². The largest absolute Gasteiger partial charge is 0.495 e. The number of rotatable bonds is 5. The van der Waals surface area contributed by atoms with Crippen LogP contribution in [0.3, 0.4) is 0 Å². The van der Waals surface area contributed by atoms with E-state index in [0.29, 0.717) is 16.6 Å². The van der Waals surface area contributed by atoms with E-state index in [2.05, 4.69) is 39.7 Å². The number of ether oxygens (including phenoxy) is 1. The predicted molar refractivity (Wildman–Crippen MR) is 103 cm³/mol. The van der Waals surface area contributed by atoms with Crippen LogP contribution in [0.2, 0.25) is 5.02 Å². The minimum atomic E-state index is -0.128. The SMILES string of the molecule is COc1cc(C(C)(C)CCc2c(C)nc(N)nc2N)c(Br)cc1Cl. The van der Waals surface area contributed by atoms with E-state index < -0.39 is 0 Å². The first-order valence-electron chi connectivity index (χ1n) is 7.57. The first-order chi connectivity index (χ1) is 11.2. The van der Waals surface area contributed by atoms with Crippen LogP contribution in [0.15, 0.2) is 16.6 Å². The molecule has 0 aliphatic rings. The highest BCUT2D eigenvalue weighted by Gasteiger charge is 2.25. The topological polar surface area (TPSA) is 87.0 Å². The van der Waals surface area contributed by atoms with Crippen LogP contribution >= 0.6 is 27.5 Å². The van der Waals surface area contributed by atoms with E-state index in [-0.39, 0.29) is 11.4 Å². The summed E-state index contributed by atoms with van der Waals surface area (Å²) in [4.78, 5) is 8.27. The van der Waals surface area contributed by atoms with Gasteiger partial charge >= 0.3 is 0 Å². The van der Waals surface area contributed by atoms with E-state index >= 15 is 0 Å². The van der Waals surface area contributed by atoms with Gasteiger partial charge in [-0.05, 0) is 42.9 Å². The van der Waals surface area contributed by atoms with Crippen molar-refractivity contribution < 1.29 is 4.74 Å². The van der Waals surface area contributed by atoms with Crippen LogP contribution in [0.1, 0.15) is 37.1 Å². The number of nitrogens with zero attached hydrogens (tertiary/aromatic N) is 2. The van der Waals surface area contributed by atoms with E-state index in [4.69, 9.17) is 27.8 Å². The second-order valence-electron chi connectivity index (χ2n) is 6.38. The summed E-state index contributed by atoms with van der Waals surface area (Å²) >= 11 is 9.79. The van der Waals surface area contributed by atoms with Crippen LogP contribution in [-0.2, 0) is 11.8 Å². The maximum Gasteiger partial charge on any atom is 0.222 e. The molecule has 0 spiro atoms. The fraction of sp³-hybridized carbons (Fsp3) is 0.412. The van der Waals surface area contributed by atoms with E-state index in [1.165, 1.54) is 0 Å². The lowest BCUT2D eigenvalue weighted by Crippen LogP contribution is -2.20. The summed E-state index contributed by atoms with van der Waals surface area (Å²) in [5.41, 5.74) is 14.4. The first kappa shape index (κ1) is 18.8. The molecule has 24 heavy (non-hydrogen) atoms. The molecule has 0 saturated heterocycles. The van der Waals surface area contributed by atoms with Crippen LogP contribution in [0.5, 0.6) is 5.75 Å². The third kappa shape index (κ3) is 3.92. The molecule has 2 rings (SSSR count). The molecule has 0 fully saturated rings. The number of aryl methyl sites for hydroxylation is 1. The van der Waals surface area contributed by atoms with E-state index in [9.17, 15) is 0 Å². The van der Waals surface area contributed by atoms with E-state index in [0.717, 1.165) is 34.1 Å². The molecule has 0 bridgehead atoms. The molecular formula is C17H22BrClN4O. The number of nitrogen functional groups attached to an aromatic ring is 2. The minimum absolute atomic E-state index is 0.128. The molecule has 130 valence electrons. The third-order valence-corrected chi connectivity index (χ3v) is 5.19. The van der Waals surface area contributed by atoms with Crippen molar-refractivity contribution in [1.82, 2.24) is 9.97 Å². The Hall–Kier alpha value is -1.53. The smallest absolute Gasteiger partial charge is 0.222 e. The van der Waals surface area contributed by atoms with Gasteiger partial charge < -0.3 is 16.2 Å². The summed E-state index contributed by atoms with van der Waals surface area (Å²) in [5, 5.41) is 0.580. The normalized spacial score (nSPS) is 11.6. The van der Waals surface area contributed by atoms with Crippen LogP contribution in [0.4, 0.5) is 11.8 Å². The quantitative estimate of drug-likeness (QED) is 0.763. The summed E-state index contributed by atoms with van der Waals surface area (Å²) in [7, 11) is 1.61. The number of hydrogen-bond acceptors (Lipinski definition) is 5. The molecule has 5 nitrogen and oxygen atoms in total. The molecule has 0 aliphatic carbocycles. The minimum Gasteiger partial charge on any atom is -0.495 e. The lowest BCUT2D eigenvalue weighted by molar-refractivity contribution is 0.410. The summed E-state index contributed by atoms with van der Waals surface area (Å²) < 4.78 is 6.30. The van der Waals surface area contributed by atoms with Crippen molar-refractivity contribution in [3.05, 3.63) is 38.4 Å². The Morgan fingerprint density at radius 2 is 1.92 bits per heavy atom. The highest BCUT2D eigenvalue weighted by atomic mass is 79.9. The van der Waals surface area contributed by atoms with Gasteiger partial charge in [-0.1, -0.05) is 41.4 Å². The highest BCUT2D eigenvalue weighted by molar-refractivity contribution is 9.10. The number of nitrogens with two attached hydrogens (primary N) is 2. The molecule has 0 saturated carbocycles. The maximum absolute atomic E-state index is 6.18. The Bertz CT molecular complexity index is 741. The van der Waals surface area contributed by atoms with Gasteiger partial charge in [0.2, 0.25) is 5.95 Å². The second kappa shape index (κ2) is 7.15. The molecule has 0 amide bonds. The molecule has 7 heteroatoms. The molecule has 1 heterocycles. The Labute approximate surface area is 155 Å². The standard InChI is InChI=1S/C17H22BrClN4O/c1-9-10(15(20)23-16(21)22-9)5-6-17(2,3)11-7-14(24-4)13(19)8-12(11)18/h7-8H,5-6H2,1-4H3,(H4,20,21,22,23). The van der Waals surface area contributed by atoms with Gasteiger partial charge in [-0.25, -0.2) is 4.98 Å². The van der Waals surface area contributed by atoms with Crippen molar-refractivity contribution in [2.24, 2.45) is 0 Å². The summed E-state index contributed by atoms with van der Waals surface area (Å²) in [6, 6.07) is 3.84. The van der Waals surface area contributed by atoms with Crippen molar-refractivity contribution in [2.45, 2.75) is 39.0 Å². The average molecular weight is 414 g/mol. The molecule has 0 radical (unpaired) electrons. The van der Waals surface area contributed by atoms with Gasteiger partial charge in [-0.3, -0.25) is 0 Å². The zero-order valence-corrected chi connectivity index (χ0v) is 16.6. The zero-order valence-electron chi connectivity index (χ0n) is 14.3. The zero-order chi connectivity index (χ0) is 18.1. The summed E-state index contributed by atoms with van der Waals surface area (Å²) in [6.07, 6.45) is 1.61. The third-order valence-electron chi connectivity index (χ3n) is 4.23. The Kier molecular flexibility index (Phi) is 5.60. The molecule has 0 unspecified atom stereocenters. The van der Waals surface area contributed by atoms with Gasteiger partial charge in [0, 0.05) is 15.7 Å². The number of methoxy groups -OCH3 is 1. The predicted octanol–water partition coefficient (Wildman–Crippen LogP) is 4.28. The monoisotopic (exact) mass is 412 g/mol. The highest BCUT2D eigenvalue weighted by Crippen LogP contribution is 2.39. The van der Waals surface area contributed by atoms with Crippen LogP contribution in [-0.4, -0.2) is 17.1 Å². The Morgan fingerprint density at radius 1 is 1.25 bits per heavy atom. The van der Waals surface area contributed by atoms with Gasteiger partial charge in [0.25, 0.3) is 0 Å². The maximum atomic E-state index is 6.18. The first-order valence-corrected chi connectivity index (χ1v) is 8.74. The molecule has 0 aliphatic heterocycles. The lowest BCUT2D eigenvalue weighted by Gasteiger charge is -2.28. The van der Waals surface area contributed by atoms with E-state index in [1.54, 1.807) is 7.11 Å². The van der Waals surface area contributed by atoms with Crippen LogP contribution < -0.4 is 16.2 Å². The number of aromatic nitrogens is 2. The lowest BCUT2D eigenvalue weighted by atomic mass is 9.79. The Morgan fingerprint density at radius 3 is 2.50 bits per heavy atom. The van der Waals surface area contributed by atoms with Gasteiger partial charge in [0.15, 0.2) is 0 Å². The fourth-order valence-electron chi connectivity index (χ4n) is 2.73. The molecule has 2 aromatic rings. The van der Waals surface area contributed by atoms with Crippen molar-refractivity contribution >= 4 is 39.3 Å². The Balaban J connectivity index is 2.29. The van der Waals surface area contributed by atoms with Crippen LogP contribution in [0, 0.1) is 6.92 Å². The molecule has 4 N–H and O–H groups in total. The van der Waals surface area contributed by atoms with Crippen molar-refractivity contribution in [1.29, 1.82) is 0 Å². The average Bonchev–Trinajstić information content (AvgIpc) is 2.45. The number of benzene rings is 1. The fourth-order valence-corrected chi connectivity index (χ4v) is 3.98. The number of anilines is 2. The molecule has 1 aromatic heterocycles. The van der Waals surface area contributed by atoms with Crippen molar-refractivity contribution in [2.75, 3.05) is 18.6 Å². The van der Waals surface area contributed by atoms with Crippen LogP contribution in [0.25, 0.3) is 0 Å². The van der Waals surface area contributed by atoms with Gasteiger partial charge in [-0.2, -0.15) is 4.98 Å². The van der Waals surface area contributed by atoms with Gasteiger partial charge in [-0.15, -0.1) is 0 Å². The van der Waals surface area contributed by atoms with E-state index in [1.807, 2.05) is 19.1 Å². The van der Waals surface area contributed by atoms with Crippen molar-refractivity contribution in [3.63, 3.8) is 0 Å². The molecular weight excluding hydrogens is 392 g/mol. The summed E-state index contributed by atoms with van der Waals surface area (Å²) in [6.45, 7) is 6.24. The molecule has 0 atom stereocenters. The second-order valence-corrected chi connectivity index (χ2v) is 7.64. The summed E-state index contributed by atoms with van der Waals surface area (Å²) in [5.74, 6) is 1.32. The molecule has 1 aromatic carbocycles. The number of halogens is 2.